The molecule has 1 N–H and O–H groups in total. The minimum Gasteiger partial charge on any atom is -0.352 e. The average molecular weight is 619 g/mol. The molecule has 0 heterocycles. The molecule has 0 bridgehead atoms. The van der Waals surface area contributed by atoms with Crippen molar-refractivity contribution in [3.8, 4) is 0 Å². The zero-order valence-corrected chi connectivity index (χ0v) is 26.6. The van der Waals surface area contributed by atoms with Gasteiger partial charge < -0.3 is 10.2 Å². The number of aryl methyl sites for hydroxylation is 3. The predicted octanol–water partition coefficient (Wildman–Crippen LogP) is 6.45. The summed E-state index contributed by atoms with van der Waals surface area (Å²) >= 11 is 12.9. The number of hydrogen-bond acceptors (Lipinski definition) is 4. The van der Waals surface area contributed by atoms with Crippen LogP contribution in [0.3, 0.4) is 0 Å². The molecule has 10 heteroatoms. The van der Waals surface area contributed by atoms with Crippen molar-refractivity contribution in [1.29, 1.82) is 0 Å². The van der Waals surface area contributed by atoms with Crippen LogP contribution in [0.1, 0.15) is 49.4 Å². The first-order valence-electron chi connectivity index (χ1n) is 13.5. The van der Waals surface area contributed by atoms with Crippen LogP contribution in [0.4, 0.5) is 5.69 Å². The SMILES string of the molecule is CC[C@H](C)NC(=O)[C@@H](C)N(Cc1c(Cl)cccc1Cl)C(=O)CN(c1cc(C)ccc1C)S(=O)(=O)c1ccc(C)cc1. The van der Waals surface area contributed by atoms with Gasteiger partial charge >= 0.3 is 0 Å². The summed E-state index contributed by atoms with van der Waals surface area (Å²) in [6.45, 7) is 10.3. The molecule has 0 spiro atoms. The van der Waals surface area contributed by atoms with E-state index in [1.807, 2.05) is 39.8 Å². The van der Waals surface area contributed by atoms with Crippen LogP contribution in [0.25, 0.3) is 0 Å². The Bertz CT molecular complexity index is 1490. The van der Waals surface area contributed by atoms with Gasteiger partial charge in [-0.2, -0.15) is 0 Å². The van der Waals surface area contributed by atoms with Crippen LogP contribution in [-0.2, 0) is 26.2 Å². The normalized spacial score (nSPS) is 12.9. The lowest BCUT2D eigenvalue weighted by Crippen LogP contribution is -2.52. The molecule has 0 radical (unpaired) electrons. The fourth-order valence-corrected chi connectivity index (χ4v) is 6.23. The first-order valence-corrected chi connectivity index (χ1v) is 15.6. The number of nitrogens with one attached hydrogen (secondary N) is 1. The van der Waals surface area contributed by atoms with E-state index in [2.05, 4.69) is 5.32 Å². The maximum atomic E-state index is 14.1. The van der Waals surface area contributed by atoms with Gasteiger partial charge in [-0.25, -0.2) is 8.42 Å². The van der Waals surface area contributed by atoms with Crippen LogP contribution >= 0.6 is 23.2 Å². The maximum Gasteiger partial charge on any atom is 0.264 e. The van der Waals surface area contributed by atoms with Gasteiger partial charge in [0.1, 0.15) is 12.6 Å². The van der Waals surface area contributed by atoms with E-state index < -0.39 is 28.5 Å². The van der Waals surface area contributed by atoms with Gasteiger partial charge in [0.2, 0.25) is 11.8 Å². The van der Waals surface area contributed by atoms with Gasteiger partial charge in [-0.3, -0.25) is 13.9 Å². The van der Waals surface area contributed by atoms with Gasteiger partial charge in [0.15, 0.2) is 0 Å². The second-order valence-corrected chi connectivity index (χ2v) is 13.0. The fraction of sp³-hybridized carbons (Fsp3) is 0.355. The van der Waals surface area contributed by atoms with Crippen molar-refractivity contribution in [2.24, 2.45) is 0 Å². The van der Waals surface area contributed by atoms with E-state index in [-0.39, 0.29) is 23.4 Å². The van der Waals surface area contributed by atoms with Crippen molar-refractivity contribution in [1.82, 2.24) is 10.2 Å². The molecule has 0 saturated carbocycles. The number of hydrogen-bond donors (Lipinski definition) is 1. The van der Waals surface area contributed by atoms with E-state index in [1.165, 1.54) is 17.0 Å². The van der Waals surface area contributed by atoms with E-state index >= 15 is 0 Å². The third-order valence-electron chi connectivity index (χ3n) is 7.08. The summed E-state index contributed by atoms with van der Waals surface area (Å²) in [6.07, 6.45) is 0.706. The largest absolute Gasteiger partial charge is 0.352 e. The Balaban J connectivity index is 2.11. The quantitative estimate of drug-likeness (QED) is 0.268. The van der Waals surface area contributed by atoms with Crippen molar-refractivity contribution >= 4 is 50.7 Å². The summed E-state index contributed by atoms with van der Waals surface area (Å²) in [5, 5.41) is 3.59. The first kappa shape index (κ1) is 32.4. The Hall–Kier alpha value is -3.07. The number of carbonyl (C=O) groups excluding carboxylic acids is 2. The molecule has 2 amide bonds. The molecule has 3 rings (SSSR count). The third-order valence-corrected chi connectivity index (χ3v) is 9.56. The number of halogens is 2. The lowest BCUT2D eigenvalue weighted by atomic mass is 10.1. The van der Waals surface area contributed by atoms with Crippen LogP contribution < -0.4 is 9.62 Å². The van der Waals surface area contributed by atoms with E-state index in [9.17, 15) is 18.0 Å². The average Bonchev–Trinajstić information content (AvgIpc) is 2.92. The molecule has 0 aliphatic heterocycles. The van der Waals surface area contributed by atoms with Crippen LogP contribution in [0.2, 0.25) is 10.0 Å². The van der Waals surface area contributed by atoms with Crippen LogP contribution in [0.5, 0.6) is 0 Å². The van der Waals surface area contributed by atoms with Gasteiger partial charge in [-0.15, -0.1) is 0 Å². The van der Waals surface area contributed by atoms with E-state index in [4.69, 9.17) is 23.2 Å². The molecule has 0 aromatic heterocycles. The molecule has 0 saturated heterocycles. The van der Waals surface area contributed by atoms with Crippen molar-refractivity contribution < 1.29 is 18.0 Å². The molecular formula is C31H37Cl2N3O4S. The van der Waals surface area contributed by atoms with Gasteiger partial charge in [0.05, 0.1) is 10.6 Å². The summed E-state index contributed by atoms with van der Waals surface area (Å²) in [5.41, 5.74) is 3.27. The molecule has 3 aromatic carbocycles. The maximum absolute atomic E-state index is 14.1. The Kier molecular flexibility index (Phi) is 10.9. The molecule has 3 aromatic rings. The van der Waals surface area contributed by atoms with Crippen molar-refractivity contribution in [3.63, 3.8) is 0 Å². The van der Waals surface area contributed by atoms with Gasteiger partial charge in [0, 0.05) is 28.2 Å². The smallest absolute Gasteiger partial charge is 0.264 e. The molecule has 220 valence electrons. The molecule has 2 atom stereocenters. The highest BCUT2D eigenvalue weighted by atomic mass is 35.5. The summed E-state index contributed by atoms with van der Waals surface area (Å²) in [6, 6.07) is 15.9. The standard InChI is InChI=1S/C31H37Cl2N3O4S/c1-7-23(5)34-31(38)24(6)35(18-26-27(32)9-8-10-28(26)33)30(37)19-36(29-17-21(3)11-14-22(29)4)41(39,40)25-15-12-20(2)13-16-25/h8-17,23-24H,7,18-19H2,1-6H3,(H,34,38)/t23-,24+/m0/s1. The van der Waals surface area contributed by atoms with Crippen LogP contribution in [0, 0.1) is 20.8 Å². The predicted molar refractivity (Wildman–Crippen MR) is 166 cm³/mol. The summed E-state index contributed by atoms with van der Waals surface area (Å²) in [7, 11) is -4.16. The number of anilines is 1. The van der Waals surface area contributed by atoms with E-state index in [0.717, 1.165) is 15.4 Å². The third kappa shape index (κ3) is 7.82. The highest BCUT2D eigenvalue weighted by molar-refractivity contribution is 7.92. The Morgan fingerprint density at radius 2 is 1.49 bits per heavy atom. The van der Waals surface area contributed by atoms with Crippen molar-refractivity contribution in [2.45, 2.75) is 71.5 Å². The number of amides is 2. The van der Waals surface area contributed by atoms with E-state index in [0.29, 0.717) is 33.3 Å². The number of carbonyl (C=O) groups is 2. The highest BCUT2D eigenvalue weighted by Crippen LogP contribution is 2.30. The Labute approximate surface area is 253 Å². The lowest BCUT2D eigenvalue weighted by Gasteiger charge is -2.33. The van der Waals surface area contributed by atoms with Crippen molar-refractivity contribution in [2.75, 3.05) is 10.8 Å². The molecule has 7 nitrogen and oxygen atoms in total. The second kappa shape index (κ2) is 13.7. The molecular weight excluding hydrogens is 581 g/mol. The van der Waals surface area contributed by atoms with E-state index in [1.54, 1.807) is 50.2 Å². The van der Waals surface area contributed by atoms with Crippen LogP contribution in [0.15, 0.2) is 65.6 Å². The molecule has 0 aliphatic carbocycles. The molecule has 41 heavy (non-hydrogen) atoms. The molecule has 0 aliphatic rings. The monoisotopic (exact) mass is 617 g/mol. The Morgan fingerprint density at radius 3 is 2.07 bits per heavy atom. The fourth-order valence-electron chi connectivity index (χ4n) is 4.24. The molecule has 0 fully saturated rings. The lowest BCUT2D eigenvalue weighted by molar-refractivity contribution is -0.139. The highest BCUT2D eigenvalue weighted by Gasteiger charge is 2.34. The zero-order chi connectivity index (χ0) is 30.5. The number of sulfonamides is 1. The van der Waals surface area contributed by atoms with Gasteiger partial charge in [0.25, 0.3) is 10.0 Å². The van der Waals surface area contributed by atoms with Gasteiger partial charge in [-0.1, -0.05) is 66.0 Å². The summed E-state index contributed by atoms with van der Waals surface area (Å²) in [5.74, 6) is -0.945. The summed E-state index contributed by atoms with van der Waals surface area (Å²) in [4.78, 5) is 28.7. The second-order valence-electron chi connectivity index (χ2n) is 10.3. The van der Waals surface area contributed by atoms with Gasteiger partial charge in [-0.05, 0) is 82.5 Å². The summed E-state index contributed by atoms with van der Waals surface area (Å²) < 4.78 is 29.2. The molecule has 0 unspecified atom stereocenters. The number of nitrogens with zero attached hydrogens (tertiary/aromatic N) is 2. The minimum atomic E-state index is -4.16. The zero-order valence-electron chi connectivity index (χ0n) is 24.2. The topological polar surface area (TPSA) is 86.8 Å². The minimum absolute atomic E-state index is 0.0556. The van der Waals surface area contributed by atoms with Crippen molar-refractivity contribution in [3.05, 3.63) is 93.0 Å². The number of rotatable bonds is 11. The number of benzene rings is 3. The first-order chi connectivity index (χ1) is 19.3. The Morgan fingerprint density at radius 1 is 0.902 bits per heavy atom. The van der Waals surface area contributed by atoms with Crippen LogP contribution in [-0.4, -0.2) is 43.8 Å².